The summed E-state index contributed by atoms with van der Waals surface area (Å²) in [6.07, 6.45) is 4.84. The normalized spacial score (nSPS) is 14.8. The van der Waals surface area contributed by atoms with Crippen molar-refractivity contribution >= 4 is 17.9 Å². The van der Waals surface area contributed by atoms with Crippen LogP contribution in [0.15, 0.2) is 30.3 Å². The first-order valence-electron chi connectivity index (χ1n) is 7.99. The molecular weight excluding hydrogens is 331 g/mol. The van der Waals surface area contributed by atoms with Crippen LogP contribution in [-0.4, -0.2) is 17.5 Å². The smallest absolute Gasteiger partial charge is 0.153 e. The van der Waals surface area contributed by atoms with Gasteiger partial charge >= 0.3 is 0 Å². The Hall–Kier alpha value is -2.07. The number of rotatable bonds is 5. The summed E-state index contributed by atoms with van der Waals surface area (Å²) >= 11 is 6.10. The molecule has 0 saturated heterocycles. The molecule has 0 aromatic heterocycles. The molecule has 0 amide bonds. The van der Waals surface area contributed by atoms with Gasteiger partial charge in [-0.05, 0) is 49.9 Å². The van der Waals surface area contributed by atoms with Gasteiger partial charge in [0.25, 0.3) is 0 Å². The number of aldehydes is 1. The summed E-state index contributed by atoms with van der Waals surface area (Å²) in [5, 5.41) is 10.7. The molecule has 3 rings (SSSR count). The summed E-state index contributed by atoms with van der Waals surface area (Å²) in [5.41, 5.74) is 0.809. The van der Waals surface area contributed by atoms with Crippen molar-refractivity contribution in [2.75, 3.05) is 0 Å². The first kappa shape index (κ1) is 16.8. The highest BCUT2D eigenvalue weighted by molar-refractivity contribution is 6.31. The first-order valence-corrected chi connectivity index (χ1v) is 8.37. The number of ether oxygens (including phenoxy) is 1. The van der Waals surface area contributed by atoms with Crippen molar-refractivity contribution < 1.29 is 19.0 Å². The van der Waals surface area contributed by atoms with E-state index in [4.69, 9.17) is 16.3 Å². The van der Waals surface area contributed by atoms with Crippen molar-refractivity contribution in [1.29, 1.82) is 0 Å². The van der Waals surface area contributed by atoms with Crippen molar-refractivity contribution in [1.82, 2.24) is 0 Å². The van der Waals surface area contributed by atoms with Crippen molar-refractivity contribution in [3.8, 4) is 11.5 Å². The van der Waals surface area contributed by atoms with Gasteiger partial charge in [0.1, 0.15) is 17.3 Å². The third-order valence-electron chi connectivity index (χ3n) is 4.41. The monoisotopic (exact) mass is 348 g/mol. The summed E-state index contributed by atoms with van der Waals surface area (Å²) in [5.74, 6) is -0.158. The minimum Gasteiger partial charge on any atom is -0.507 e. The van der Waals surface area contributed by atoms with Crippen molar-refractivity contribution in [3.63, 3.8) is 0 Å². The van der Waals surface area contributed by atoms with Gasteiger partial charge in [-0.15, -0.1) is 0 Å². The van der Waals surface area contributed by atoms with E-state index in [1.54, 1.807) is 12.1 Å². The summed E-state index contributed by atoms with van der Waals surface area (Å²) in [6, 6.07) is 7.61. The number of phenols is 1. The molecule has 1 aliphatic carbocycles. The van der Waals surface area contributed by atoms with E-state index in [2.05, 4.69) is 0 Å². The van der Waals surface area contributed by atoms with Crippen LogP contribution in [-0.2, 0) is 6.42 Å². The van der Waals surface area contributed by atoms with Crippen molar-refractivity contribution in [2.24, 2.45) is 0 Å². The summed E-state index contributed by atoms with van der Waals surface area (Å²) in [4.78, 5) is 11.1. The Morgan fingerprint density at radius 3 is 2.62 bits per heavy atom. The van der Waals surface area contributed by atoms with Gasteiger partial charge in [-0.25, -0.2) is 4.39 Å². The number of carbonyl (C=O) groups excluding carboxylic acids is 1. The maximum Gasteiger partial charge on any atom is 0.153 e. The van der Waals surface area contributed by atoms with Crippen LogP contribution >= 0.6 is 11.6 Å². The van der Waals surface area contributed by atoms with Crippen LogP contribution in [0.4, 0.5) is 4.39 Å². The third-order valence-corrected chi connectivity index (χ3v) is 4.76. The van der Waals surface area contributed by atoms with Crippen LogP contribution in [0.3, 0.4) is 0 Å². The third kappa shape index (κ3) is 3.39. The predicted octanol–water partition coefficient (Wildman–Crippen LogP) is 4.91. The lowest BCUT2D eigenvalue weighted by Gasteiger charge is -2.19. The number of halogens is 2. The molecule has 0 spiro atoms. The molecule has 3 nitrogen and oxygen atoms in total. The van der Waals surface area contributed by atoms with Gasteiger partial charge in [-0.1, -0.05) is 17.7 Å². The fraction of sp³-hybridized carbons (Fsp3) is 0.316. The van der Waals surface area contributed by atoms with Crippen LogP contribution in [0.1, 0.15) is 47.2 Å². The molecule has 1 saturated carbocycles. The average molecular weight is 349 g/mol. The second kappa shape index (κ2) is 7.22. The summed E-state index contributed by atoms with van der Waals surface area (Å²) < 4.78 is 20.1. The molecule has 2 aromatic carbocycles. The fourth-order valence-electron chi connectivity index (χ4n) is 3.08. The maximum atomic E-state index is 14.1. The zero-order valence-electron chi connectivity index (χ0n) is 13.1. The SMILES string of the molecule is O=Cc1ccc(OC2CCCC2)c(Cc2c(F)cccc2Cl)c1O. The van der Waals surface area contributed by atoms with Gasteiger partial charge in [0.05, 0.1) is 11.7 Å². The van der Waals surface area contributed by atoms with Gasteiger partial charge in [0.2, 0.25) is 0 Å². The zero-order chi connectivity index (χ0) is 17.1. The number of benzene rings is 2. The second-order valence-electron chi connectivity index (χ2n) is 6.00. The largest absolute Gasteiger partial charge is 0.507 e. The molecule has 0 heterocycles. The molecule has 0 unspecified atom stereocenters. The Balaban J connectivity index is 2.01. The lowest BCUT2D eigenvalue weighted by atomic mass is 10.00. The van der Waals surface area contributed by atoms with Crippen molar-refractivity contribution in [2.45, 2.75) is 38.2 Å². The highest BCUT2D eigenvalue weighted by atomic mass is 35.5. The average Bonchev–Trinajstić information content (AvgIpc) is 3.06. The number of carbonyl (C=O) groups is 1. The molecular formula is C19H18ClFO3. The van der Waals surface area contributed by atoms with Crippen molar-refractivity contribution in [3.05, 3.63) is 57.9 Å². The van der Waals surface area contributed by atoms with E-state index in [1.165, 1.54) is 18.2 Å². The van der Waals surface area contributed by atoms with Crippen LogP contribution < -0.4 is 4.74 Å². The molecule has 0 atom stereocenters. The number of hydrogen-bond acceptors (Lipinski definition) is 3. The van der Waals surface area contributed by atoms with Gasteiger partial charge in [-0.3, -0.25) is 4.79 Å². The minimum atomic E-state index is -0.453. The van der Waals surface area contributed by atoms with Crippen LogP contribution in [0.25, 0.3) is 0 Å². The van der Waals surface area contributed by atoms with E-state index >= 15 is 0 Å². The van der Waals surface area contributed by atoms with E-state index in [1.807, 2.05) is 0 Å². The Bertz CT molecular complexity index is 734. The Morgan fingerprint density at radius 1 is 1.21 bits per heavy atom. The van der Waals surface area contributed by atoms with E-state index < -0.39 is 5.82 Å². The van der Waals surface area contributed by atoms with Crippen LogP contribution in [0.2, 0.25) is 5.02 Å². The van der Waals surface area contributed by atoms with Crippen LogP contribution in [0, 0.1) is 5.82 Å². The summed E-state index contributed by atoms with van der Waals surface area (Å²) in [7, 11) is 0. The minimum absolute atomic E-state index is 0.0566. The number of hydrogen-bond donors (Lipinski definition) is 1. The molecule has 1 aliphatic rings. The lowest BCUT2D eigenvalue weighted by Crippen LogP contribution is -2.13. The lowest BCUT2D eigenvalue weighted by molar-refractivity contribution is 0.112. The molecule has 0 radical (unpaired) electrons. The Labute approximate surface area is 145 Å². The van der Waals surface area contributed by atoms with Gasteiger partial charge in [0.15, 0.2) is 6.29 Å². The highest BCUT2D eigenvalue weighted by Gasteiger charge is 2.22. The first-order chi connectivity index (χ1) is 11.6. The summed E-state index contributed by atoms with van der Waals surface area (Å²) in [6.45, 7) is 0. The molecule has 24 heavy (non-hydrogen) atoms. The van der Waals surface area contributed by atoms with E-state index in [-0.39, 0.29) is 34.4 Å². The topological polar surface area (TPSA) is 46.5 Å². The van der Waals surface area contributed by atoms with Crippen LogP contribution in [0.5, 0.6) is 11.5 Å². The fourth-order valence-corrected chi connectivity index (χ4v) is 3.31. The van der Waals surface area contributed by atoms with Gasteiger partial charge in [-0.2, -0.15) is 0 Å². The number of phenolic OH excluding ortho intramolecular Hbond substituents is 1. The molecule has 5 heteroatoms. The molecule has 1 N–H and O–H groups in total. The second-order valence-corrected chi connectivity index (χ2v) is 6.41. The van der Waals surface area contributed by atoms with E-state index in [0.29, 0.717) is 17.6 Å². The molecule has 2 aromatic rings. The Kier molecular flexibility index (Phi) is 5.05. The molecule has 126 valence electrons. The quantitative estimate of drug-likeness (QED) is 0.781. The standard InChI is InChI=1S/C19H18ClFO3/c20-16-6-3-7-17(21)14(16)10-15-18(24-13-4-1-2-5-13)9-8-12(11-22)19(15)23/h3,6-9,11,13,23H,1-2,4-5,10H2. The molecule has 1 fully saturated rings. The maximum absolute atomic E-state index is 14.1. The molecule has 0 aliphatic heterocycles. The van der Waals surface area contributed by atoms with Gasteiger partial charge in [0, 0.05) is 22.6 Å². The molecule has 0 bridgehead atoms. The Morgan fingerprint density at radius 2 is 1.96 bits per heavy atom. The van der Waals surface area contributed by atoms with E-state index in [0.717, 1.165) is 25.7 Å². The highest BCUT2D eigenvalue weighted by Crippen LogP contribution is 2.36. The van der Waals surface area contributed by atoms with Gasteiger partial charge < -0.3 is 9.84 Å². The zero-order valence-corrected chi connectivity index (χ0v) is 13.9. The van der Waals surface area contributed by atoms with E-state index in [9.17, 15) is 14.3 Å². The number of aromatic hydroxyl groups is 1. The predicted molar refractivity (Wildman–Crippen MR) is 90.6 cm³/mol.